The third-order valence-electron chi connectivity index (χ3n) is 4.44. The van der Waals surface area contributed by atoms with Crippen molar-refractivity contribution in [1.82, 2.24) is 4.37 Å². The molecule has 8 heteroatoms. The van der Waals surface area contributed by atoms with Crippen LogP contribution in [-0.4, -0.2) is 47.0 Å². The molecular formula is C21H23NO6S. The number of ether oxygens (including phenoxy) is 6. The van der Waals surface area contributed by atoms with Crippen molar-refractivity contribution in [2.45, 2.75) is 0 Å². The van der Waals surface area contributed by atoms with Crippen LogP contribution < -0.4 is 28.4 Å². The second-order valence-electron chi connectivity index (χ2n) is 5.87. The molecule has 3 aromatic rings. The van der Waals surface area contributed by atoms with Gasteiger partial charge in [0.25, 0.3) is 0 Å². The van der Waals surface area contributed by atoms with Crippen molar-refractivity contribution in [3.63, 3.8) is 0 Å². The van der Waals surface area contributed by atoms with Gasteiger partial charge in [-0.2, -0.15) is 4.37 Å². The summed E-state index contributed by atoms with van der Waals surface area (Å²) in [4.78, 5) is 0.969. The zero-order valence-corrected chi connectivity index (χ0v) is 18.0. The van der Waals surface area contributed by atoms with Gasteiger partial charge in [0.05, 0.1) is 58.8 Å². The van der Waals surface area contributed by atoms with E-state index >= 15 is 0 Å². The monoisotopic (exact) mass is 417 g/mol. The zero-order chi connectivity index (χ0) is 21.0. The fourth-order valence-electron chi connectivity index (χ4n) is 3.05. The second-order valence-corrected chi connectivity index (χ2v) is 6.68. The summed E-state index contributed by atoms with van der Waals surface area (Å²) in [5, 5.41) is 0. The first-order valence-electron chi connectivity index (χ1n) is 8.68. The van der Waals surface area contributed by atoms with Gasteiger partial charge in [-0.3, -0.25) is 0 Å². The molecule has 0 radical (unpaired) electrons. The van der Waals surface area contributed by atoms with Crippen molar-refractivity contribution in [1.29, 1.82) is 0 Å². The Bertz CT molecular complexity index is 1000. The van der Waals surface area contributed by atoms with E-state index in [1.54, 1.807) is 42.7 Å². The van der Waals surface area contributed by atoms with Crippen LogP contribution in [0.25, 0.3) is 21.7 Å². The number of benzene rings is 2. The van der Waals surface area contributed by atoms with Crippen molar-refractivity contribution >= 4 is 11.5 Å². The molecule has 0 bridgehead atoms. The van der Waals surface area contributed by atoms with Gasteiger partial charge in [0.15, 0.2) is 23.0 Å². The Morgan fingerprint density at radius 2 is 1.28 bits per heavy atom. The molecule has 0 aliphatic heterocycles. The first-order valence-corrected chi connectivity index (χ1v) is 9.45. The normalized spacial score (nSPS) is 10.4. The first kappa shape index (κ1) is 20.6. The number of nitrogens with zero attached hydrogens (tertiary/aromatic N) is 1. The summed E-state index contributed by atoms with van der Waals surface area (Å²) in [5.41, 5.74) is 2.44. The summed E-state index contributed by atoms with van der Waals surface area (Å²) in [7, 11) is 9.48. The topological polar surface area (TPSA) is 68.3 Å². The number of rotatable bonds is 8. The Morgan fingerprint density at radius 1 is 0.621 bits per heavy atom. The van der Waals surface area contributed by atoms with Crippen LogP contribution in [-0.2, 0) is 0 Å². The quantitative estimate of drug-likeness (QED) is 0.533. The molecule has 0 spiro atoms. The Morgan fingerprint density at radius 3 is 1.86 bits per heavy atom. The summed E-state index contributed by atoms with van der Waals surface area (Å²) >= 11 is 1.37. The zero-order valence-electron chi connectivity index (χ0n) is 17.2. The minimum atomic E-state index is 0.449. The van der Waals surface area contributed by atoms with Crippen molar-refractivity contribution in [2.24, 2.45) is 0 Å². The molecule has 1 heterocycles. The molecule has 0 aliphatic carbocycles. The van der Waals surface area contributed by atoms with E-state index in [0.29, 0.717) is 34.5 Å². The molecule has 0 unspecified atom stereocenters. The average Bonchev–Trinajstić information content (AvgIpc) is 3.26. The molecule has 0 N–H and O–H groups in total. The third-order valence-corrected chi connectivity index (χ3v) is 5.28. The van der Waals surface area contributed by atoms with Crippen molar-refractivity contribution in [3.8, 4) is 56.2 Å². The molecule has 0 aliphatic rings. The molecule has 0 atom stereocenters. The minimum Gasteiger partial charge on any atom is -0.493 e. The molecule has 29 heavy (non-hydrogen) atoms. The number of hydrogen-bond donors (Lipinski definition) is 0. The van der Waals surface area contributed by atoms with Gasteiger partial charge in [-0.1, -0.05) is 0 Å². The Kier molecular flexibility index (Phi) is 6.33. The number of hydrogen-bond acceptors (Lipinski definition) is 8. The van der Waals surface area contributed by atoms with Crippen LogP contribution in [0.5, 0.6) is 34.5 Å². The maximum absolute atomic E-state index is 5.61. The second kappa shape index (κ2) is 8.91. The summed E-state index contributed by atoms with van der Waals surface area (Å²) in [5.74, 6) is 3.30. The van der Waals surface area contributed by atoms with E-state index in [2.05, 4.69) is 4.37 Å². The summed E-state index contributed by atoms with van der Waals surface area (Å²) in [6.45, 7) is 0. The largest absolute Gasteiger partial charge is 0.493 e. The lowest BCUT2D eigenvalue weighted by molar-refractivity contribution is 0.306. The SMILES string of the molecule is COc1ccc(-c2cc(-c3cc(OC)c(OC)c(OC)c3OC)ns2)cc1OC. The predicted octanol–water partition coefficient (Wildman–Crippen LogP) is 4.53. The van der Waals surface area contributed by atoms with Crippen molar-refractivity contribution < 1.29 is 28.4 Å². The van der Waals surface area contributed by atoms with Gasteiger partial charge >= 0.3 is 0 Å². The summed E-state index contributed by atoms with van der Waals surface area (Å²) in [6.07, 6.45) is 0. The van der Waals surface area contributed by atoms with Crippen LogP contribution in [0, 0.1) is 0 Å². The smallest absolute Gasteiger partial charge is 0.207 e. The van der Waals surface area contributed by atoms with Crippen LogP contribution >= 0.6 is 11.5 Å². The standard InChI is InChI=1S/C21H23NO6S/c1-23-15-8-7-12(9-16(15)24-2)18-11-14(22-29-18)13-10-17(25-3)20(27-5)21(28-6)19(13)26-4/h7-11H,1-6H3. The number of aromatic nitrogens is 1. The highest BCUT2D eigenvalue weighted by molar-refractivity contribution is 7.09. The van der Waals surface area contributed by atoms with Gasteiger partial charge in [0, 0.05) is 0 Å². The van der Waals surface area contributed by atoms with Crippen LogP contribution in [0.1, 0.15) is 0 Å². The predicted molar refractivity (Wildman–Crippen MR) is 112 cm³/mol. The molecule has 7 nitrogen and oxygen atoms in total. The van der Waals surface area contributed by atoms with E-state index in [0.717, 1.165) is 21.7 Å². The van der Waals surface area contributed by atoms with E-state index in [1.165, 1.54) is 11.5 Å². The maximum Gasteiger partial charge on any atom is 0.207 e. The Balaban J connectivity index is 2.11. The number of methoxy groups -OCH3 is 6. The highest BCUT2D eigenvalue weighted by Crippen LogP contribution is 2.50. The highest BCUT2D eigenvalue weighted by atomic mass is 32.1. The van der Waals surface area contributed by atoms with Crippen molar-refractivity contribution in [2.75, 3.05) is 42.7 Å². The van der Waals surface area contributed by atoms with Gasteiger partial charge in [-0.25, -0.2) is 0 Å². The molecule has 0 saturated carbocycles. The van der Waals surface area contributed by atoms with E-state index in [1.807, 2.05) is 30.3 Å². The lowest BCUT2D eigenvalue weighted by Crippen LogP contribution is -1.99. The van der Waals surface area contributed by atoms with Crippen LogP contribution in [0.2, 0.25) is 0 Å². The van der Waals surface area contributed by atoms with Gasteiger partial charge < -0.3 is 28.4 Å². The van der Waals surface area contributed by atoms with Gasteiger partial charge in [0.1, 0.15) is 0 Å². The van der Waals surface area contributed by atoms with Gasteiger partial charge in [0.2, 0.25) is 11.5 Å². The lowest BCUT2D eigenvalue weighted by atomic mass is 10.1. The fourth-order valence-corrected chi connectivity index (χ4v) is 3.79. The van der Waals surface area contributed by atoms with Crippen LogP contribution in [0.15, 0.2) is 30.3 Å². The fraction of sp³-hybridized carbons (Fsp3) is 0.286. The molecule has 0 amide bonds. The minimum absolute atomic E-state index is 0.449. The Labute approximate surface area is 173 Å². The first-order chi connectivity index (χ1) is 14.1. The molecule has 0 fully saturated rings. The van der Waals surface area contributed by atoms with E-state index in [9.17, 15) is 0 Å². The highest BCUT2D eigenvalue weighted by Gasteiger charge is 2.24. The Hall–Kier alpha value is -3.13. The molecule has 1 aromatic heterocycles. The molecule has 3 rings (SSSR count). The summed E-state index contributed by atoms with van der Waals surface area (Å²) in [6, 6.07) is 9.56. The van der Waals surface area contributed by atoms with Crippen LogP contribution in [0.4, 0.5) is 0 Å². The third kappa shape index (κ3) is 3.75. The maximum atomic E-state index is 5.61. The lowest BCUT2D eigenvalue weighted by Gasteiger charge is -2.17. The molecular weight excluding hydrogens is 394 g/mol. The van der Waals surface area contributed by atoms with Gasteiger partial charge in [-0.15, -0.1) is 0 Å². The van der Waals surface area contributed by atoms with Crippen LogP contribution in [0.3, 0.4) is 0 Å². The van der Waals surface area contributed by atoms with Crippen molar-refractivity contribution in [3.05, 3.63) is 30.3 Å². The van der Waals surface area contributed by atoms with E-state index in [4.69, 9.17) is 28.4 Å². The molecule has 0 saturated heterocycles. The van der Waals surface area contributed by atoms with E-state index in [-0.39, 0.29) is 0 Å². The summed E-state index contributed by atoms with van der Waals surface area (Å²) < 4.78 is 37.4. The molecule has 2 aromatic carbocycles. The molecule has 154 valence electrons. The van der Waals surface area contributed by atoms with Gasteiger partial charge in [-0.05, 0) is 47.4 Å². The average molecular weight is 417 g/mol. The van der Waals surface area contributed by atoms with E-state index < -0.39 is 0 Å².